The molecular formula is C18H22ClNO5S. The highest BCUT2D eigenvalue weighted by Crippen LogP contribution is 2.28. The molecular weight excluding hydrogens is 378 g/mol. The number of nitrogens with zero attached hydrogens (tertiary/aromatic N) is 1. The topological polar surface area (TPSA) is 68.2 Å². The standard InChI is InChI=1S/C18H22ClNO5S/c1-20(10-14-5-7-17(19)26-14)9-13(21)11-25-15-6-4-12(18(22)24-3)8-16(15)23-2/h4-8,13,21H,9-11H2,1-3H3. The third-order valence-corrected chi connectivity index (χ3v) is 4.81. The van der Waals surface area contributed by atoms with Gasteiger partial charge >= 0.3 is 5.97 Å². The van der Waals surface area contributed by atoms with E-state index in [-0.39, 0.29) is 6.61 Å². The van der Waals surface area contributed by atoms with Crippen LogP contribution in [-0.4, -0.2) is 56.5 Å². The number of carbonyl (C=O) groups is 1. The van der Waals surface area contributed by atoms with E-state index in [1.165, 1.54) is 25.6 Å². The average Bonchev–Trinajstić information content (AvgIpc) is 3.03. The van der Waals surface area contributed by atoms with Crippen LogP contribution in [0.4, 0.5) is 0 Å². The Labute approximate surface area is 161 Å². The minimum absolute atomic E-state index is 0.101. The van der Waals surface area contributed by atoms with Gasteiger partial charge in [-0.25, -0.2) is 4.79 Å². The van der Waals surface area contributed by atoms with Gasteiger partial charge in [-0.15, -0.1) is 11.3 Å². The molecule has 0 saturated heterocycles. The molecule has 0 saturated carbocycles. The third kappa shape index (κ3) is 5.88. The summed E-state index contributed by atoms with van der Waals surface area (Å²) in [5.41, 5.74) is 0.367. The van der Waals surface area contributed by atoms with Gasteiger partial charge in [-0.3, -0.25) is 4.90 Å². The van der Waals surface area contributed by atoms with Crippen molar-refractivity contribution in [2.24, 2.45) is 0 Å². The van der Waals surface area contributed by atoms with Crippen molar-refractivity contribution >= 4 is 28.9 Å². The van der Waals surface area contributed by atoms with Crippen molar-refractivity contribution in [3.63, 3.8) is 0 Å². The zero-order valence-electron chi connectivity index (χ0n) is 14.9. The van der Waals surface area contributed by atoms with Crippen LogP contribution >= 0.6 is 22.9 Å². The molecule has 0 spiro atoms. The average molecular weight is 400 g/mol. The first-order valence-corrected chi connectivity index (χ1v) is 9.12. The van der Waals surface area contributed by atoms with E-state index >= 15 is 0 Å². The number of hydrogen-bond donors (Lipinski definition) is 1. The quantitative estimate of drug-likeness (QED) is 0.653. The highest BCUT2D eigenvalue weighted by atomic mass is 35.5. The predicted octanol–water partition coefficient (Wildman–Crippen LogP) is 3.07. The lowest BCUT2D eigenvalue weighted by atomic mass is 10.2. The minimum Gasteiger partial charge on any atom is -0.493 e. The maximum absolute atomic E-state index is 11.6. The second-order valence-electron chi connectivity index (χ2n) is 5.72. The number of methoxy groups -OCH3 is 2. The molecule has 6 nitrogen and oxygen atoms in total. The first kappa shape index (κ1) is 20.5. The van der Waals surface area contributed by atoms with Gasteiger partial charge in [0.1, 0.15) is 12.7 Å². The summed E-state index contributed by atoms with van der Waals surface area (Å²) in [4.78, 5) is 14.7. The lowest BCUT2D eigenvalue weighted by Crippen LogP contribution is -2.32. The summed E-state index contributed by atoms with van der Waals surface area (Å²) in [6.07, 6.45) is -0.680. The number of likely N-dealkylation sites (N-methyl/N-ethyl adjacent to an activating group) is 1. The summed E-state index contributed by atoms with van der Waals surface area (Å²) < 4.78 is 16.3. The molecule has 0 aliphatic heterocycles. The molecule has 1 heterocycles. The van der Waals surface area contributed by atoms with Crippen molar-refractivity contribution in [1.29, 1.82) is 0 Å². The molecule has 0 aliphatic rings. The number of benzene rings is 1. The van der Waals surface area contributed by atoms with Gasteiger partial charge < -0.3 is 19.3 Å². The number of esters is 1. The van der Waals surface area contributed by atoms with Gasteiger partial charge in [0.25, 0.3) is 0 Å². The van der Waals surface area contributed by atoms with Gasteiger partial charge in [-0.2, -0.15) is 0 Å². The summed E-state index contributed by atoms with van der Waals surface area (Å²) in [6.45, 7) is 1.24. The van der Waals surface area contributed by atoms with Crippen LogP contribution < -0.4 is 9.47 Å². The normalized spacial score (nSPS) is 12.1. The van der Waals surface area contributed by atoms with E-state index in [9.17, 15) is 9.90 Å². The van der Waals surface area contributed by atoms with E-state index in [0.29, 0.717) is 30.2 Å². The van der Waals surface area contributed by atoms with E-state index in [0.717, 1.165) is 9.21 Å². The maximum Gasteiger partial charge on any atom is 0.337 e. The van der Waals surface area contributed by atoms with Crippen LogP contribution in [0.3, 0.4) is 0 Å². The zero-order valence-corrected chi connectivity index (χ0v) is 16.5. The van der Waals surface area contributed by atoms with Crippen LogP contribution in [0.15, 0.2) is 30.3 Å². The summed E-state index contributed by atoms with van der Waals surface area (Å²) in [5.74, 6) is 0.402. The zero-order chi connectivity index (χ0) is 19.1. The van der Waals surface area contributed by atoms with Gasteiger partial charge in [-0.05, 0) is 37.4 Å². The number of aliphatic hydroxyl groups is 1. The highest BCUT2D eigenvalue weighted by molar-refractivity contribution is 7.16. The van der Waals surface area contributed by atoms with Crippen molar-refractivity contribution in [1.82, 2.24) is 4.90 Å². The van der Waals surface area contributed by atoms with Crippen molar-refractivity contribution in [3.8, 4) is 11.5 Å². The Kier molecular flexibility index (Phi) is 7.71. The Bertz CT molecular complexity index is 736. The molecule has 26 heavy (non-hydrogen) atoms. The first-order chi connectivity index (χ1) is 12.4. The monoisotopic (exact) mass is 399 g/mol. The molecule has 0 amide bonds. The number of carbonyl (C=O) groups excluding carboxylic acids is 1. The Morgan fingerprint density at radius 2 is 2.04 bits per heavy atom. The summed E-state index contributed by atoms with van der Waals surface area (Å²) in [5, 5.41) is 10.2. The van der Waals surface area contributed by atoms with Gasteiger partial charge in [-0.1, -0.05) is 11.6 Å². The second-order valence-corrected chi connectivity index (χ2v) is 7.52. The molecule has 2 rings (SSSR count). The molecule has 8 heteroatoms. The number of halogens is 1. The Morgan fingerprint density at radius 3 is 2.65 bits per heavy atom. The number of aliphatic hydroxyl groups excluding tert-OH is 1. The maximum atomic E-state index is 11.6. The summed E-state index contributed by atoms with van der Waals surface area (Å²) >= 11 is 7.45. The Morgan fingerprint density at radius 1 is 1.27 bits per heavy atom. The van der Waals surface area contributed by atoms with Crippen LogP contribution in [0.25, 0.3) is 0 Å². The lowest BCUT2D eigenvalue weighted by Gasteiger charge is -2.20. The molecule has 1 unspecified atom stereocenters. The highest BCUT2D eigenvalue weighted by Gasteiger charge is 2.14. The molecule has 1 atom stereocenters. The molecule has 142 valence electrons. The molecule has 1 aromatic heterocycles. The second kappa shape index (κ2) is 9.78. The van der Waals surface area contributed by atoms with Crippen LogP contribution in [0.2, 0.25) is 4.34 Å². The largest absolute Gasteiger partial charge is 0.493 e. The lowest BCUT2D eigenvalue weighted by molar-refractivity contribution is 0.0599. The van der Waals surface area contributed by atoms with Gasteiger partial charge in [0.15, 0.2) is 11.5 Å². The van der Waals surface area contributed by atoms with E-state index in [4.69, 9.17) is 21.1 Å². The van der Waals surface area contributed by atoms with Gasteiger partial charge in [0.2, 0.25) is 0 Å². The van der Waals surface area contributed by atoms with Crippen molar-refractivity contribution in [3.05, 3.63) is 45.1 Å². The Hall–Kier alpha value is -1.80. The molecule has 0 bridgehead atoms. The molecule has 0 radical (unpaired) electrons. The van der Waals surface area contributed by atoms with Crippen LogP contribution in [0.5, 0.6) is 11.5 Å². The van der Waals surface area contributed by atoms with Crippen molar-refractivity contribution in [2.75, 3.05) is 34.4 Å². The van der Waals surface area contributed by atoms with Gasteiger partial charge in [0.05, 0.1) is 24.1 Å². The SMILES string of the molecule is COC(=O)c1ccc(OCC(O)CN(C)Cc2ccc(Cl)s2)c(OC)c1. The number of hydrogen-bond acceptors (Lipinski definition) is 7. The smallest absolute Gasteiger partial charge is 0.337 e. The van der Waals surface area contributed by atoms with E-state index in [1.807, 2.05) is 24.1 Å². The predicted molar refractivity (Wildman–Crippen MR) is 101 cm³/mol. The summed E-state index contributed by atoms with van der Waals surface area (Å²) in [7, 11) is 4.72. The fourth-order valence-corrected chi connectivity index (χ4v) is 3.57. The first-order valence-electron chi connectivity index (χ1n) is 7.93. The van der Waals surface area contributed by atoms with Gasteiger partial charge in [0, 0.05) is 18.0 Å². The van der Waals surface area contributed by atoms with Crippen LogP contribution in [0, 0.1) is 0 Å². The number of ether oxygens (including phenoxy) is 3. The van der Waals surface area contributed by atoms with Crippen molar-refractivity contribution < 1.29 is 24.1 Å². The van der Waals surface area contributed by atoms with E-state index < -0.39 is 12.1 Å². The minimum atomic E-state index is -0.680. The van der Waals surface area contributed by atoms with E-state index in [1.54, 1.807) is 18.2 Å². The molecule has 2 aromatic rings. The van der Waals surface area contributed by atoms with E-state index in [2.05, 4.69) is 4.74 Å². The summed E-state index contributed by atoms with van der Waals surface area (Å²) in [6, 6.07) is 8.58. The molecule has 0 aliphatic carbocycles. The number of thiophene rings is 1. The fourth-order valence-electron chi connectivity index (χ4n) is 2.40. The Balaban J connectivity index is 1.87. The number of rotatable bonds is 9. The van der Waals surface area contributed by atoms with Crippen LogP contribution in [-0.2, 0) is 11.3 Å². The molecule has 1 N–H and O–H groups in total. The fraction of sp³-hybridized carbons (Fsp3) is 0.389. The molecule has 0 fully saturated rings. The third-order valence-electron chi connectivity index (χ3n) is 3.59. The van der Waals surface area contributed by atoms with Crippen molar-refractivity contribution in [2.45, 2.75) is 12.6 Å². The van der Waals surface area contributed by atoms with Crippen LogP contribution in [0.1, 0.15) is 15.2 Å². The molecule has 1 aromatic carbocycles.